The molecule has 0 aliphatic carbocycles. The van der Waals surface area contributed by atoms with Gasteiger partial charge in [0.25, 0.3) is 0 Å². The van der Waals surface area contributed by atoms with Gasteiger partial charge in [-0.15, -0.1) is 0 Å². The van der Waals surface area contributed by atoms with Gasteiger partial charge in [0.15, 0.2) is 0 Å². The molecule has 0 aliphatic heterocycles. The van der Waals surface area contributed by atoms with Crippen molar-refractivity contribution in [1.29, 1.82) is 0 Å². The number of benzene rings is 2. The van der Waals surface area contributed by atoms with Gasteiger partial charge in [-0.2, -0.15) is 8.78 Å². The zero-order valence-corrected chi connectivity index (χ0v) is 12.7. The summed E-state index contributed by atoms with van der Waals surface area (Å²) in [7, 11) is 0. The van der Waals surface area contributed by atoms with E-state index < -0.39 is 6.61 Å². The minimum Gasteiger partial charge on any atom is -0.435 e. The molecule has 0 amide bonds. The van der Waals surface area contributed by atoms with E-state index in [0.717, 1.165) is 0 Å². The Morgan fingerprint density at radius 1 is 0.850 bits per heavy atom. The van der Waals surface area contributed by atoms with Gasteiger partial charge >= 0.3 is 6.61 Å². The zero-order valence-electron chi connectivity index (χ0n) is 9.64. The second-order valence-corrected chi connectivity index (χ2v) is 5.42. The summed E-state index contributed by atoms with van der Waals surface area (Å²) in [4.78, 5) is 0. The fourth-order valence-electron chi connectivity index (χ4n) is 1.67. The molecule has 0 unspecified atom stereocenters. The molecule has 2 rings (SSSR count). The van der Waals surface area contributed by atoms with Crippen LogP contribution in [-0.2, 0) is 0 Å². The fourth-order valence-corrected chi connectivity index (χ4v) is 2.96. The van der Waals surface area contributed by atoms with Crippen LogP contribution in [0.15, 0.2) is 30.3 Å². The first-order chi connectivity index (χ1) is 9.38. The highest BCUT2D eigenvalue weighted by Crippen LogP contribution is 2.41. The van der Waals surface area contributed by atoms with Crippen LogP contribution >= 0.6 is 46.4 Å². The fraction of sp³-hybridized carbons (Fsp3) is 0.0769. The van der Waals surface area contributed by atoms with Crippen LogP contribution in [0.2, 0.25) is 20.1 Å². The smallest absolute Gasteiger partial charge is 0.387 e. The molecule has 0 spiro atoms. The van der Waals surface area contributed by atoms with E-state index in [9.17, 15) is 8.78 Å². The van der Waals surface area contributed by atoms with Gasteiger partial charge in [-0.25, -0.2) is 0 Å². The standard InChI is InChI=1S/C13H6Cl4F2O/c14-6-3-10(16)12(11(17)4-6)8-2-1-7(5-9(8)15)20-13(18)19/h1-5,13H. The molecule has 7 heteroatoms. The van der Waals surface area contributed by atoms with E-state index in [0.29, 0.717) is 26.2 Å². The summed E-state index contributed by atoms with van der Waals surface area (Å²) in [6, 6.07) is 7.16. The van der Waals surface area contributed by atoms with Crippen molar-refractivity contribution >= 4 is 46.4 Å². The summed E-state index contributed by atoms with van der Waals surface area (Å²) in [6.45, 7) is -2.92. The molecule has 0 atom stereocenters. The van der Waals surface area contributed by atoms with Crippen molar-refractivity contribution in [2.75, 3.05) is 0 Å². The minimum absolute atomic E-state index is 0.0463. The third kappa shape index (κ3) is 3.47. The van der Waals surface area contributed by atoms with Crippen molar-refractivity contribution in [3.8, 4) is 16.9 Å². The number of alkyl halides is 2. The van der Waals surface area contributed by atoms with Gasteiger partial charge in [0.2, 0.25) is 0 Å². The molecule has 0 bridgehead atoms. The second-order valence-electron chi connectivity index (χ2n) is 3.76. The largest absolute Gasteiger partial charge is 0.435 e. The quantitative estimate of drug-likeness (QED) is 0.603. The maximum atomic E-state index is 12.1. The molecule has 20 heavy (non-hydrogen) atoms. The van der Waals surface area contributed by atoms with Crippen LogP contribution in [-0.4, -0.2) is 6.61 Å². The Kier molecular flexibility index (Phi) is 4.97. The van der Waals surface area contributed by atoms with Crippen LogP contribution in [0.25, 0.3) is 11.1 Å². The van der Waals surface area contributed by atoms with Crippen molar-refractivity contribution in [2.45, 2.75) is 6.61 Å². The van der Waals surface area contributed by atoms with Crippen molar-refractivity contribution < 1.29 is 13.5 Å². The topological polar surface area (TPSA) is 9.23 Å². The van der Waals surface area contributed by atoms with E-state index in [-0.39, 0.29) is 10.8 Å². The van der Waals surface area contributed by atoms with Gasteiger partial charge < -0.3 is 4.74 Å². The number of hydrogen-bond donors (Lipinski definition) is 0. The predicted octanol–water partition coefficient (Wildman–Crippen LogP) is 6.57. The molecule has 0 saturated heterocycles. The van der Waals surface area contributed by atoms with Gasteiger partial charge in [-0.05, 0) is 30.3 Å². The Hall–Kier alpha value is -0.740. The van der Waals surface area contributed by atoms with E-state index in [4.69, 9.17) is 46.4 Å². The van der Waals surface area contributed by atoms with Gasteiger partial charge in [-0.1, -0.05) is 46.4 Å². The molecule has 0 radical (unpaired) electrons. The maximum Gasteiger partial charge on any atom is 0.387 e. The average Bonchev–Trinajstić information content (AvgIpc) is 2.29. The lowest BCUT2D eigenvalue weighted by Crippen LogP contribution is -2.01. The maximum absolute atomic E-state index is 12.1. The Labute approximate surface area is 134 Å². The Morgan fingerprint density at radius 3 is 1.95 bits per heavy atom. The molecule has 2 aromatic carbocycles. The summed E-state index contributed by atoms with van der Waals surface area (Å²) in [5.41, 5.74) is 0.978. The lowest BCUT2D eigenvalue weighted by molar-refractivity contribution is -0.0498. The number of halogens is 6. The monoisotopic (exact) mass is 356 g/mol. The first-order valence-corrected chi connectivity index (χ1v) is 6.79. The zero-order chi connectivity index (χ0) is 14.9. The van der Waals surface area contributed by atoms with Crippen LogP contribution in [0, 0.1) is 0 Å². The van der Waals surface area contributed by atoms with E-state index in [1.54, 1.807) is 0 Å². The van der Waals surface area contributed by atoms with Crippen molar-refractivity contribution in [2.24, 2.45) is 0 Å². The van der Waals surface area contributed by atoms with Gasteiger partial charge in [-0.3, -0.25) is 0 Å². The van der Waals surface area contributed by atoms with Crippen molar-refractivity contribution in [3.05, 3.63) is 50.4 Å². The van der Waals surface area contributed by atoms with Crippen LogP contribution in [0.5, 0.6) is 5.75 Å². The highest BCUT2D eigenvalue weighted by Gasteiger charge is 2.15. The van der Waals surface area contributed by atoms with Crippen LogP contribution in [0.4, 0.5) is 8.78 Å². The first-order valence-electron chi connectivity index (χ1n) is 5.27. The van der Waals surface area contributed by atoms with Crippen molar-refractivity contribution in [3.63, 3.8) is 0 Å². The Bertz CT molecular complexity index is 623. The Balaban J connectivity index is 2.49. The van der Waals surface area contributed by atoms with E-state index in [1.807, 2.05) is 0 Å². The molecule has 0 fully saturated rings. The van der Waals surface area contributed by atoms with E-state index in [2.05, 4.69) is 4.74 Å². The molecule has 106 valence electrons. The number of hydrogen-bond acceptors (Lipinski definition) is 1. The Morgan fingerprint density at radius 2 is 1.45 bits per heavy atom. The van der Waals surface area contributed by atoms with Gasteiger partial charge in [0.1, 0.15) is 5.75 Å². The molecular formula is C13H6Cl4F2O. The molecule has 0 N–H and O–H groups in total. The number of ether oxygens (including phenoxy) is 1. The highest BCUT2D eigenvalue weighted by molar-refractivity contribution is 6.43. The van der Waals surface area contributed by atoms with Gasteiger partial charge in [0, 0.05) is 16.1 Å². The molecule has 0 aliphatic rings. The molecule has 0 saturated carbocycles. The van der Waals surface area contributed by atoms with E-state index in [1.165, 1.54) is 30.3 Å². The highest BCUT2D eigenvalue weighted by atomic mass is 35.5. The average molecular weight is 358 g/mol. The summed E-state index contributed by atoms with van der Waals surface area (Å²) >= 11 is 24.1. The third-order valence-corrected chi connectivity index (χ3v) is 3.57. The van der Waals surface area contributed by atoms with Crippen LogP contribution < -0.4 is 4.74 Å². The summed E-state index contributed by atoms with van der Waals surface area (Å²) in [5.74, 6) is -0.0463. The summed E-state index contributed by atoms with van der Waals surface area (Å²) in [6.07, 6.45) is 0. The lowest BCUT2D eigenvalue weighted by Gasteiger charge is -2.11. The SMILES string of the molecule is FC(F)Oc1ccc(-c2c(Cl)cc(Cl)cc2Cl)c(Cl)c1. The second kappa shape index (κ2) is 6.35. The molecule has 1 nitrogen and oxygen atoms in total. The summed E-state index contributed by atoms with van der Waals surface area (Å²) < 4.78 is 28.5. The molecule has 0 aromatic heterocycles. The number of rotatable bonds is 3. The van der Waals surface area contributed by atoms with Crippen LogP contribution in [0.3, 0.4) is 0 Å². The first kappa shape index (κ1) is 15.6. The minimum atomic E-state index is -2.92. The lowest BCUT2D eigenvalue weighted by atomic mass is 10.1. The molecule has 0 heterocycles. The molecule has 2 aromatic rings. The van der Waals surface area contributed by atoms with Crippen molar-refractivity contribution in [1.82, 2.24) is 0 Å². The van der Waals surface area contributed by atoms with Crippen LogP contribution in [0.1, 0.15) is 0 Å². The predicted molar refractivity (Wildman–Crippen MR) is 78.6 cm³/mol. The third-order valence-electron chi connectivity index (χ3n) is 2.44. The van der Waals surface area contributed by atoms with Gasteiger partial charge in [0.05, 0.1) is 15.1 Å². The van der Waals surface area contributed by atoms with E-state index >= 15 is 0 Å². The molecular weight excluding hydrogens is 352 g/mol. The summed E-state index contributed by atoms with van der Waals surface area (Å²) in [5, 5.41) is 1.20. The normalized spacial score (nSPS) is 10.9.